The van der Waals surface area contributed by atoms with Gasteiger partial charge in [-0.3, -0.25) is 4.79 Å². The molecule has 0 heterocycles. The number of hydrogen-bond acceptors (Lipinski definition) is 6. The Morgan fingerprint density at radius 1 is 0.943 bits per heavy atom. The molecule has 1 amide bonds. The van der Waals surface area contributed by atoms with Crippen molar-refractivity contribution < 1.29 is 27.4 Å². The third-order valence-electron chi connectivity index (χ3n) is 5.29. The first-order chi connectivity index (χ1) is 16.8. The first kappa shape index (κ1) is 26.1. The fourth-order valence-corrected chi connectivity index (χ4v) is 4.99. The van der Waals surface area contributed by atoms with E-state index >= 15 is 0 Å². The van der Waals surface area contributed by atoms with Crippen molar-refractivity contribution in [2.45, 2.75) is 25.3 Å². The molecule has 0 fully saturated rings. The number of nitrogens with one attached hydrogen (secondary N) is 1. The summed E-state index contributed by atoms with van der Waals surface area (Å²) in [5.41, 5.74) is 1.83. The average molecular weight is 499 g/mol. The molecule has 0 aliphatic carbocycles. The summed E-state index contributed by atoms with van der Waals surface area (Å²) in [6.45, 7) is 3.75. The first-order valence-corrected chi connectivity index (χ1v) is 12.5. The van der Waals surface area contributed by atoms with Gasteiger partial charge in [0.1, 0.15) is 17.2 Å². The van der Waals surface area contributed by atoms with Crippen LogP contribution < -0.4 is 19.5 Å². The number of benzene rings is 3. The van der Waals surface area contributed by atoms with Crippen molar-refractivity contribution in [1.82, 2.24) is 4.31 Å². The number of nitrogens with zero attached hydrogens (tertiary/aromatic N) is 1. The maximum atomic E-state index is 13.6. The summed E-state index contributed by atoms with van der Waals surface area (Å²) in [7, 11) is -1.01. The van der Waals surface area contributed by atoms with E-state index in [1.54, 1.807) is 37.3 Å². The highest BCUT2D eigenvalue weighted by Gasteiger charge is 2.28. The van der Waals surface area contributed by atoms with E-state index < -0.39 is 22.5 Å². The molecule has 0 unspecified atom stereocenters. The Hall–Kier alpha value is -3.56. The van der Waals surface area contributed by atoms with Crippen molar-refractivity contribution in [1.29, 1.82) is 0 Å². The van der Waals surface area contributed by atoms with Crippen LogP contribution >= 0.6 is 0 Å². The molecule has 0 saturated carbocycles. The van der Waals surface area contributed by atoms with Gasteiger partial charge in [0.05, 0.1) is 38.0 Å². The number of carbonyl (C=O) groups is 1. The van der Waals surface area contributed by atoms with Crippen LogP contribution in [0.3, 0.4) is 0 Å². The number of sulfonamides is 1. The van der Waals surface area contributed by atoms with Gasteiger partial charge in [-0.05, 0) is 55.3 Å². The van der Waals surface area contributed by atoms with Crippen molar-refractivity contribution in [3.05, 3.63) is 77.9 Å². The average Bonchev–Trinajstić information content (AvgIpc) is 2.85. The van der Waals surface area contributed by atoms with Crippen LogP contribution in [0.15, 0.2) is 71.6 Å². The summed E-state index contributed by atoms with van der Waals surface area (Å²) in [6, 6.07) is 18.8. The van der Waals surface area contributed by atoms with Gasteiger partial charge >= 0.3 is 0 Å². The highest BCUT2D eigenvalue weighted by molar-refractivity contribution is 7.89. The van der Waals surface area contributed by atoms with Gasteiger partial charge in [0, 0.05) is 12.6 Å². The van der Waals surface area contributed by atoms with Gasteiger partial charge in [0.15, 0.2) is 0 Å². The maximum Gasteiger partial charge on any atom is 0.243 e. The number of carbonyl (C=O) groups excluding carboxylic acids is 1. The molecule has 0 saturated heterocycles. The van der Waals surface area contributed by atoms with E-state index in [1.807, 2.05) is 37.3 Å². The van der Waals surface area contributed by atoms with Crippen LogP contribution in [0.1, 0.15) is 18.1 Å². The number of methoxy groups -OCH3 is 2. The Morgan fingerprint density at radius 2 is 1.66 bits per heavy atom. The molecule has 9 heteroatoms. The van der Waals surface area contributed by atoms with E-state index in [1.165, 1.54) is 20.3 Å². The lowest BCUT2D eigenvalue weighted by Gasteiger charge is -2.23. The second-order valence-electron chi connectivity index (χ2n) is 7.73. The molecule has 1 N–H and O–H groups in total. The molecule has 0 spiro atoms. The molecule has 0 aliphatic rings. The zero-order valence-corrected chi connectivity index (χ0v) is 21.1. The van der Waals surface area contributed by atoms with Gasteiger partial charge in [0.2, 0.25) is 15.9 Å². The molecule has 3 aromatic rings. The van der Waals surface area contributed by atoms with Crippen molar-refractivity contribution in [3.8, 4) is 17.2 Å². The Balaban J connectivity index is 1.91. The topological polar surface area (TPSA) is 94.2 Å². The summed E-state index contributed by atoms with van der Waals surface area (Å²) in [4.78, 5) is 13.1. The normalized spacial score (nSPS) is 11.2. The minimum atomic E-state index is -4.01. The third kappa shape index (κ3) is 6.52. The molecule has 35 heavy (non-hydrogen) atoms. The Kier molecular flexibility index (Phi) is 8.73. The lowest BCUT2D eigenvalue weighted by atomic mass is 10.2. The third-order valence-corrected chi connectivity index (χ3v) is 7.07. The van der Waals surface area contributed by atoms with Crippen LogP contribution in [0.2, 0.25) is 0 Å². The van der Waals surface area contributed by atoms with E-state index in [-0.39, 0.29) is 11.4 Å². The SMILES string of the molecule is CCOc1ccc(S(=O)(=O)N(CC(=O)Nc2cc(OC)ccc2OC)Cc2ccccc2)cc1C. The molecule has 186 valence electrons. The van der Waals surface area contributed by atoms with Gasteiger partial charge in [0.25, 0.3) is 0 Å². The van der Waals surface area contributed by atoms with Gasteiger partial charge in [-0.15, -0.1) is 0 Å². The number of anilines is 1. The van der Waals surface area contributed by atoms with Crippen molar-refractivity contribution in [3.63, 3.8) is 0 Å². The molecule has 0 atom stereocenters. The second kappa shape index (κ2) is 11.7. The Bertz CT molecular complexity index is 1260. The molecule has 0 radical (unpaired) electrons. The largest absolute Gasteiger partial charge is 0.497 e. The standard InChI is InChI=1S/C26H30N2O6S/c1-5-34-24-14-12-22(15-19(24)2)35(30,31)28(17-20-9-7-6-8-10-20)18-26(29)27-23-16-21(32-3)11-13-25(23)33-4/h6-16H,5,17-18H2,1-4H3,(H,27,29). The summed E-state index contributed by atoms with van der Waals surface area (Å²) >= 11 is 0. The fraction of sp³-hybridized carbons (Fsp3) is 0.269. The van der Waals surface area contributed by atoms with E-state index in [0.717, 1.165) is 9.87 Å². The van der Waals surface area contributed by atoms with Crippen LogP contribution in [-0.2, 0) is 21.4 Å². The lowest BCUT2D eigenvalue weighted by molar-refractivity contribution is -0.116. The first-order valence-electron chi connectivity index (χ1n) is 11.1. The van der Waals surface area contributed by atoms with Crippen molar-refractivity contribution >= 4 is 21.6 Å². The van der Waals surface area contributed by atoms with Crippen LogP contribution in [0, 0.1) is 6.92 Å². The molecule has 0 aliphatic heterocycles. The molecule has 3 rings (SSSR count). The minimum Gasteiger partial charge on any atom is -0.497 e. The predicted molar refractivity (Wildman–Crippen MR) is 135 cm³/mol. The molecule has 0 bridgehead atoms. The van der Waals surface area contributed by atoms with E-state index in [0.29, 0.717) is 35.1 Å². The number of rotatable bonds is 11. The lowest BCUT2D eigenvalue weighted by Crippen LogP contribution is -2.37. The predicted octanol–water partition coefficient (Wildman–Crippen LogP) is 4.24. The highest BCUT2D eigenvalue weighted by atomic mass is 32.2. The van der Waals surface area contributed by atoms with Crippen LogP contribution in [-0.4, -0.2) is 46.0 Å². The smallest absolute Gasteiger partial charge is 0.243 e. The van der Waals surface area contributed by atoms with Crippen molar-refractivity contribution in [2.75, 3.05) is 32.7 Å². The van der Waals surface area contributed by atoms with Crippen LogP contribution in [0.5, 0.6) is 17.2 Å². The molecule has 0 aromatic heterocycles. The summed E-state index contributed by atoms with van der Waals surface area (Å²) in [6.07, 6.45) is 0. The van der Waals surface area contributed by atoms with Gasteiger partial charge in [-0.25, -0.2) is 8.42 Å². The van der Waals surface area contributed by atoms with Crippen LogP contribution in [0.4, 0.5) is 5.69 Å². The highest BCUT2D eigenvalue weighted by Crippen LogP contribution is 2.29. The maximum absolute atomic E-state index is 13.6. The van der Waals surface area contributed by atoms with Crippen LogP contribution in [0.25, 0.3) is 0 Å². The minimum absolute atomic E-state index is 0.0259. The zero-order chi connectivity index (χ0) is 25.4. The number of ether oxygens (including phenoxy) is 3. The summed E-state index contributed by atoms with van der Waals surface area (Å²) in [5, 5.41) is 2.74. The van der Waals surface area contributed by atoms with E-state index in [4.69, 9.17) is 14.2 Å². The van der Waals surface area contributed by atoms with Gasteiger partial charge in [-0.1, -0.05) is 30.3 Å². The number of amides is 1. The monoisotopic (exact) mass is 498 g/mol. The Morgan fingerprint density at radius 3 is 2.29 bits per heavy atom. The zero-order valence-electron chi connectivity index (χ0n) is 20.3. The van der Waals surface area contributed by atoms with Gasteiger partial charge < -0.3 is 19.5 Å². The molecule has 8 nitrogen and oxygen atoms in total. The Labute approximate surface area is 206 Å². The second-order valence-corrected chi connectivity index (χ2v) is 9.67. The molecular formula is C26H30N2O6S. The molecular weight excluding hydrogens is 468 g/mol. The van der Waals surface area contributed by atoms with Gasteiger partial charge in [-0.2, -0.15) is 4.31 Å². The summed E-state index contributed by atoms with van der Waals surface area (Å²) < 4.78 is 44.5. The van der Waals surface area contributed by atoms with E-state index in [2.05, 4.69) is 5.32 Å². The molecule has 3 aromatic carbocycles. The summed E-state index contributed by atoms with van der Waals surface area (Å²) in [5.74, 6) is 1.06. The number of hydrogen-bond donors (Lipinski definition) is 1. The van der Waals surface area contributed by atoms with E-state index in [9.17, 15) is 13.2 Å². The fourth-order valence-electron chi connectivity index (χ4n) is 3.52. The van der Waals surface area contributed by atoms with Crippen molar-refractivity contribution in [2.24, 2.45) is 0 Å². The number of aryl methyl sites for hydroxylation is 1. The quantitative estimate of drug-likeness (QED) is 0.425.